The number of rotatable bonds is 6. The van der Waals surface area contributed by atoms with Crippen molar-refractivity contribution in [1.82, 2.24) is 0 Å². The molecule has 1 aliphatic heterocycles. The highest BCUT2D eigenvalue weighted by Gasteiger charge is 2.22. The van der Waals surface area contributed by atoms with E-state index in [2.05, 4.69) is 4.99 Å². The van der Waals surface area contributed by atoms with Gasteiger partial charge in [0.25, 0.3) is 0 Å². The van der Waals surface area contributed by atoms with Crippen LogP contribution in [0.15, 0.2) is 53.2 Å². The minimum absolute atomic E-state index is 0.0644. The Hall–Kier alpha value is -1.89. The molecule has 0 saturated carbocycles. The van der Waals surface area contributed by atoms with E-state index >= 15 is 0 Å². The van der Waals surface area contributed by atoms with Gasteiger partial charge in [0.05, 0.1) is 12.1 Å². The summed E-state index contributed by atoms with van der Waals surface area (Å²) in [4.78, 5) is 16.5. The molecule has 1 aliphatic rings. The molecule has 27 heavy (non-hydrogen) atoms. The van der Waals surface area contributed by atoms with Crippen LogP contribution in [0.5, 0.6) is 11.5 Å². The van der Waals surface area contributed by atoms with Crippen molar-refractivity contribution < 1.29 is 14.3 Å². The normalized spacial score (nSPS) is 15.1. The van der Waals surface area contributed by atoms with E-state index in [0.29, 0.717) is 28.8 Å². The number of carbonyl (C=O) groups is 1. The zero-order valence-corrected chi connectivity index (χ0v) is 17.3. The van der Waals surface area contributed by atoms with Gasteiger partial charge in [-0.05, 0) is 46.9 Å². The minimum atomic E-state index is -0.0644. The first-order chi connectivity index (χ1) is 13.1. The lowest BCUT2D eigenvalue weighted by atomic mass is 10.1. The van der Waals surface area contributed by atoms with Crippen LogP contribution in [0.4, 0.5) is 0 Å². The van der Waals surface area contributed by atoms with E-state index in [1.807, 2.05) is 37.3 Å². The van der Waals surface area contributed by atoms with Crippen molar-refractivity contribution in [3.8, 4) is 11.5 Å². The Bertz CT molecular complexity index is 898. The van der Waals surface area contributed by atoms with Crippen molar-refractivity contribution in [3.63, 3.8) is 0 Å². The highest BCUT2D eigenvalue weighted by Crippen LogP contribution is 2.38. The van der Waals surface area contributed by atoms with E-state index in [-0.39, 0.29) is 5.12 Å². The Labute approximate surface area is 172 Å². The lowest BCUT2D eigenvalue weighted by Crippen LogP contribution is -1.99. The predicted molar refractivity (Wildman–Crippen MR) is 115 cm³/mol. The van der Waals surface area contributed by atoms with Crippen LogP contribution in [0.2, 0.25) is 5.02 Å². The summed E-state index contributed by atoms with van der Waals surface area (Å²) in [5.74, 6) is 1.86. The molecular weight excluding hydrogens is 402 g/mol. The van der Waals surface area contributed by atoms with Crippen molar-refractivity contribution in [3.05, 3.63) is 64.3 Å². The molecule has 140 valence electrons. The summed E-state index contributed by atoms with van der Waals surface area (Å²) in [7, 11) is 1.56. The van der Waals surface area contributed by atoms with Crippen LogP contribution >= 0.6 is 35.1 Å². The number of hydrogen-bond donors (Lipinski definition) is 0. The first-order valence-electron chi connectivity index (χ1n) is 8.30. The monoisotopic (exact) mass is 419 g/mol. The van der Waals surface area contributed by atoms with Gasteiger partial charge in [0.1, 0.15) is 16.7 Å². The fourth-order valence-electron chi connectivity index (χ4n) is 2.43. The lowest BCUT2D eigenvalue weighted by molar-refractivity contribution is -0.107. The van der Waals surface area contributed by atoms with Crippen LogP contribution in [0, 0.1) is 0 Å². The number of thioether (sulfide) groups is 2. The van der Waals surface area contributed by atoms with Gasteiger partial charge in [-0.15, -0.1) is 0 Å². The minimum Gasteiger partial charge on any atom is -0.493 e. The molecule has 0 radical (unpaired) electrons. The molecule has 0 aliphatic carbocycles. The molecule has 0 amide bonds. The molecule has 0 spiro atoms. The summed E-state index contributed by atoms with van der Waals surface area (Å²) in [5.41, 5.74) is 2.18. The van der Waals surface area contributed by atoms with E-state index in [1.54, 1.807) is 37.1 Å². The molecule has 2 aromatic carbocycles. The Morgan fingerprint density at radius 3 is 2.74 bits per heavy atom. The first-order valence-corrected chi connectivity index (χ1v) is 10.5. The summed E-state index contributed by atoms with van der Waals surface area (Å²) in [5, 5.41) is 0.354. The zero-order valence-electron chi connectivity index (χ0n) is 14.9. The summed E-state index contributed by atoms with van der Waals surface area (Å²) in [6, 6.07) is 13.4. The van der Waals surface area contributed by atoms with Gasteiger partial charge in [-0.2, -0.15) is 0 Å². The molecule has 0 saturated heterocycles. The molecule has 0 N–H and O–H groups in total. The number of ether oxygens (including phenoxy) is 2. The van der Waals surface area contributed by atoms with Gasteiger partial charge in [0, 0.05) is 0 Å². The van der Waals surface area contributed by atoms with Gasteiger partial charge < -0.3 is 9.47 Å². The maximum atomic E-state index is 12.1. The van der Waals surface area contributed by atoms with Crippen LogP contribution in [0.1, 0.15) is 18.1 Å². The molecule has 0 atom stereocenters. The Balaban J connectivity index is 1.84. The van der Waals surface area contributed by atoms with Crippen LogP contribution < -0.4 is 9.47 Å². The molecule has 7 heteroatoms. The third-order valence-corrected chi connectivity index (χ3v) is 5.82. The van der Waals surface area contributed by atoms with Gasteiger partial charge in [-0.1, -0.05) is 60.6 Å². The topological polar surface area (TPSA) is 47.9 Å². The Morgan fingerprint density at radius 2 is 2.04 bits per heavy atom. The maximum absolute atomic E-state index is 12.1. The van der Waals surface area contributed by atoms with Gasteiger partial charge in [-0.25, -0.2) is 4.99 Å². The predicted octanol–water partition coefficient (Wildman–Crippen LogP) is 5.65. The third kappa shape index (κ3) is 5.09. The van der Waals surface area contributed by atoms with Gasteiger partial charge in [0.15, 0.2) is 11.5 Å². The van der Waals surface area contributed by atoms with Gasteiger partial charge >= 0.3 is 0 Å². The molecule has 0 aromatic heterocycles. The maximum Gasteiger partial charge on any atom is 0.244 e. The highest BCUT2D eigenvalue weighted by atomic mass is 35.5. The number of carbonyl (C=O) groups excluding carboxylic acids is 1. The number of nitrogens with zero attached hydrogens (tertiary/aromatic N) is 1. The van der Waals surface area contributed by atoms with E-state index < -0.39 is 0 Å². The number of hydrogen-bond acceptors (Lipinski definition) is 6. The summed E-state index contributed by atoms with van der Waals surface area (Å²) in [6.45, 7) is 2.41. The van der Waals surface area contributed by atoms with Crippen molar-refractivity contribution in [2.75, 3.05) is 12.9 Å². The standard InChI is InChI=1S/C20H18ClNO3S2/c1-3-26-20-22-16(19(23)27-20)10-14-9-15(21)18(17(11-14)24-2)25-12-13-7-5-4-6-8-13/h4-11H,3,12H2,1-2H3/b16-10-. The second kappa shape index (κ2) is 9.35. The molecule has 3 rings (SSSR count). The summed E-state index contributed by atoms with van der Waals surface area (Å²) >= 11 is 9.13. The molecule has 4 nitrogen and oxygen atoms in total. The number of aliphatic imine (C=N–C) groups is 1. The van der Waals surface area contributed by atoms with Crippen molar-refractivity contribution in [2.24, 2.45) is 4.99 Å². The van der Waals surface area contributed by atoms with E-state index in [0.717, 1.165) is 33.0 Å². The van der Waals surface area contributed by atoms with Gasteiger partial charge in [0.2, 0.25) is 5.12 Å². The van der Waals surface area contributed by atoms with Crippen molar-refractivity contribution in [1.29, 1.82) is 0 Å². The smallest absolute Gasteiger partial charge is 0.244 e. The first kappa shape index (κ1) is 19.9. The van der Waals surface area contributed by atoms with Crippen LogP contribution in [0.25, 0.3) is 6.08 Å². The molecule has 0 unspecified atom stereocenters. The second-order valence-corrected chi connectivity index (χ2v) is 8.42. The molecule has 0 fully saturated rings. The molecule has 2 aromatic rings. The lowest BCUT2D eigenvalue weighted by Gasteiger charge is -2.13. The zero-order chi connectivity index (χ0) is 19.2. The van der Waals surface area contributed by atoms with Crippen LogP contribution in [0.3, 0.4) is 0 Å². The van der Waals surface area contributed by atoms with Crippen molar-refractivity contribution in [2.45, 2.75) is 13.5 Å². The van der Waals surface area contributed by atoms with E-state index in [1.165, 1.54) is 0 Å². The summed E-state index contributed by atoms with van der Waals surface area (Å²) < 4.78 is 12.1. The molecule has 0 bridgehead atoms. The fourth-order valence-corrected chi connectivity index (χ4v) is 4.44. The van der Waals surface area contributed by atoms with Crippen LogP contribution in [-0.2, 0) is 11.4 Å². The highest BCUT2D eigenvalue weighted by molar-refractivity contribution is 8.45. The quantitative estimate of drug-likeness (QED) is 0.566. The average Bonchev–Trinajstić information content (AvgIpc) is 3.00. The Morgan fingerprint density at radius 1 is 1.26 bits per heavy atom. The number of benzene rings is 2. The van der Waals surface area contributed by atoms with Gasteiger partial charge in [-0.3, -0.25) is 4.79 Å². The summed E-state index contributed by atoms with van der Waals surface area (Å²) in [6.07, 6.45) is 1.72. The van der Waals surface area contributed by atoms with Crippen LogP contribution in [-0.4, -0.2) is 22.4 Å². The third-order valence-electron chi connectivity index (χ3n) is 3.65. The average molecular weight is 420 g/mol. The molecule has 1 heterocycles. The number of methoxy groups -OCH3 is 1. The number of halogens is 1. The Kier molecular flexibility index (Phi) is 6.88. The van der Waals surface area contributed by atoms with Crippen molar-refractivity contribution >= 4 is 50.7 Å². The SMILES string of the molecule is CCSC1=N/C(=C\c2cc(Cl)c(OCc3ccccc3)c(OC)c2)C(=O)S1. The van der Waals surface area contributed by atoms with E-state index in [4.69, 9.17) is 21.1 Å². The second-order valence-electron chi connectivity index (χ2n) is 5.54. The fraction of sp³-hybridized carbons (Fsp3) is 0.200. The largest absolute Gasteiger partial charge is 0.493 e. The van der Waals surface area contributed by atoms with E-state index in [9.17, 15) is 4.79 Å². The molecular formula is C20H18ClNO3S2.